The van der Waals surface area contributed by atoms with E-state index in [1.165, 1.54) is 0 Å². The van der Waals surface area contributed by atoms with Crippen LogP contribution in [-0.4, -0.2) is 30.1 Å². The summed E-state index contributed by atoms with van der Waals surface area (Å²) in [6.07, 6.45) is 2.58. The van der Waals surface area contributed by atoms with E-state index in [9.17, 15) is 9.50 Å². The van der Waals surface area contributed by atoms with Gasteiger partial charge >= 0.3 is 0 Å². The van der Waals surface area contributed by atoms with Gasteiger partial charge in [-0.25, -0.2) is 4.39 Å². The summed E-state index contributed by atoms with van der Waals surface area (Å²) < 4.78 is 14.5. The van der Waals surface area contributed by atoms with Crippen molar-refractivity contribution in [1.82, 2.24) is 4.90 Å². The molecule has 1 saturated heterocycles. The maximum Gasteiger partial charge on any atom is 0.127 e. The summed E-state index contributed by atoms with van der Waals surface area (Å²) in [6.45, 7) is 10.2. The van der Waals surface area contributed by atoms with E-state index in [0.717, 1.165) is 48.2 Å². The van der Waals surface area contributed by atoms with E-state index in [1.54, 1.807) is 6.07 Å². The molecule has 0 saturated carbocycles. The van der Waals surface area contributed by atoms with Crippen molar-refractivity contribution in [2.45, 2.75) is 52.6 Å². The highest BCUT2D eigenvalue weighted by Crippen LogP contribution is 2.57. The van der Waals surface area contributed by atoms with Crippen molar-refractivity contribution in [2.24, 2.45) is 11.3 Å². The van der Waals surface area contributed by atoms with E-state index < -0.39 is 5.60 Å². The Labute approximate surface area is 133 Å². The predicted octanol–water partition coefficient (Wildman–Crippen LogP) is 3.55. The number of hydrogen-bond donors (Lipinski definition) is 1. The molecule has 1 atom stereocenters. The average molecular weight is 305 g/mol. The molecule has 1 N–H and O–H groups in total. The first-order valence-electron chi connectivity index (χ1n) is 8.38. The van der Waals surface area contributed by atoms with Crippen LogP contribution in [0.5, 0.6) is 0 Å². The molecule has 0 bridgehead atoms. The number of halogens is 1. The van der Waals surface area contributed by atoms with E-state index in [4.69, 9.17) is 0 Å². The Morgan fingerprint density at radius 2 is 1.82 bits per heavy atom. The maximum atomic E-state index is 14.5. The lowest BCUT2D eigenvalue weighted by atomic mass is 9.64. The summed E-state index contributed by atoms with van der Waals surface area (Å²) in [5, 5.41) is 11.8. The number of fused-ring (bicyclic) bond motifs is 1. The molecule has 1 heterocycles. The number of piperidine rings is 1. The van der Waals surface area contributed by atoms with Gasteiger partial charge in [-0.1, -0.05) is 13.8 Å². The molecule has 0 spiro atoms. The molecule has 22 heavy (non-hydrogen) atoms. The van der Waals surface area contributed by atoms with Gasteiger partial charge in [-0.2, -0.15) is 0 Å². The van der Waals surface area contributed by atoms with Crippen LogP contribution in [0.15, 0.2) is 6.07 Å². The van der Waals surface area contributed by atoms with Gasteiger partial charge in [0.25, 0.3) is 0 Å². The fourth-order valence-corrected chi connectivity index (χ4v) is 4.72. The molecule has 1 aliphatic heterocycles. The summed E-state index contributed by atoms with van der Waals surface area (Å²) in [7, 11) is 2.13. The summed E-state index contributed by atoms with van der Waals surface area (Å²) in [5.41, 5.74) is 2.42. The summed E-state index contributed by atoms with van der Waals surface area (Å²) in [6, 6.07) is 1.63. The number of hydrogen-bond acceptors (Lipinski definition) is 2. The molecular weight excluding hydrogens is 277 g/mol. The van der Waals surface area contributed by atoms with Gasteiger partial charge < -0.3 is 10.0 Å². The third-order valence-electron chi connectivity index (χ3n) is 6.24. The third kappa shape index (κ3) is 2.05. The first-order chi connectivity index (χ1) is 10.2. The monoisotopic (exact) mass is 305 g/mol. The Morgan fingerprint density at radius 1 is 1.23 bits per heavy atom. The van der Waals surface area contributed by atoms with Crippen molar-refractivity contribution >= 4 is 0 Å². The molecule has 2 nitrogen and oxygen atoms in total. The molecule has 1 aliphatic carbocycles. The average Bonchev–Trinajstić information content (AvgIpc) is 2.66. The van der Waals surface area contributed by atoms with Crippen LogP contribution in [0.25, 0.3) is 0 Å². The normalized spacial score (nSPS) is 28.9. The van der Waals surface area contributed by atoms with Gasteiger partial charge in [0.15, 0.2) is 0 Å². The fraction of sp³-hybridized carbons (Fsp3) is 0.684. The Hall–Kier alpha value is -0.930. The lowest BCUT2D eigenvalue weighted by Gasteiger charge is -2.47. The number of aryl methyl sites for hydroxylation is 1. The quantitative estimate of drug-likeness (QED) is 0.857. The molecule has 3 rings (SSSR count). The fourth-order valence-electron chi connectivity index (χ4n) is 4.72. The molecule has 1 aromatic carbocycles. The number of likely N-dealkylation sites (tertiary alicyclic amines) is 1. The number of benzene rings is 1. The lowest BCUT2D eigenvalue weighted by molar-refractivity contribution is -0.121. The minimum Gasteiger partial charge on any atom is -0.384 e. The topological polar surface area (TPSA) is 23.5 Å². The zero-order chi connectivity index (χ0) is 16.3. The van der Waals surface area contributed by atoms with Crippen LogP contribution in [0.2, 0.25) is 0 Å². The van der Waals surface area contributed by atoms with Crippen molar-refractivity contribution in [3.05, 3.63) is 34.1 Å². The highest BCUT2D eigenvalue weighted by atomic mass is 19.1. The molecule has 2 aliphatic rings. The Kier molecular flexibility index (Phi) is 3.65. The number of nitrogens with zero attached hydrogens (tertiary/aromatic N) is 1. The van der Waals surface area contributed by atoms with Crippen molar-refractivity contribution in [3.63, 3.8) is 0 Å². The zero-order valence-electron chi connectivity index (χ0n) is 14.5. The van der Waals surface area contributed by atoms with Crippen molar-refractivity contribution < 1.29 is 9.50 Å². The smallest absolute Gasteiger partial charge is 0.127 e. The number of aliphatic hydroxyl groups is 1. The van der Waals surface area contributed by atoms with E-state index in [0.29, 0.717) is 6.42 Å². The Balaban J connectivity index is 2.16. The third-order valence-corrected chi connectivity index (χ3v) is 6.24. The first kappa shape index (κ1) is 15.9. The molecule has 0 radical (unpaired) electrons. The van der Waals surface area contributed by atoms with Crippen LogP contribution in [-0.2, 0) is 12.0 Å². The molecule has 122 valence electrons. The molecule has 0 aromatic heterocycles. The number of rotatable bonds is 1. The largest absolute Gasteiger partial charge is 0.384 e. The van der Waals surface area contributed by atoms with Crippen LogP contribution in [0, 0.1) is 31.0 Å². The maximum absolute atomic E-state index is 14.5. The zero-order valence-corrected chi connectivity index (χ0v) is 14.5. The van der Waals surface area contributed by atoms with Crippen LogP contribution < -0.4 is 0 Å². The summed E-state index contributed by atoms with van der Waals surface area (Å²) in [5.74, 6) is 0.0647. The van der Waals surface area contributed by atoms with Gasteiger partial charge in [0, 0.05) is 5.41 Å². The van der Waals surface area contributed by atoms with Gasteiger partial charge in [-0.15, -0.1) is 0 Å². The molecule has 1 unspecified atom stereocenters. The van der Waals surface area contributed by atoms with Crippen LogP contribution in [0.3, 0.4) is 0 Å². The molecule has 1 fully saturated rings. The highest BCUT2D eigenvalue weighted by Gasteiger charge is 2.57. The van der Waals surface area contributed by atoms with Crippen molar-refractivity contribution in [1.29, 1.82) is 0 Å². The van der Waals surface area contributed by atoms with E-state index in [1.807, 2.05) is 13.8 Å². The summed E-state index contributed by atoms with van der Waals surface area (Å²) >= 11 is 0. The Morgan fingerprint density at radius 3 is 2.41 bits per heavy atom. The lowest BCUT2D eigenvalue weighted by Crippen LogP contribution is -2.49. The van der Waals surface area contributed by atoms with Gasteiger partial charge in [0.2, 0.25) is 0 Å². The Bertz CT molecular complexity index is 602. The van der Waals surface area contributed by atoms with Crippen LogP contribution in [0.1, 0.15) is 48.9 Å². The van der Waals surface area contributed by atoms with Crippen molar-refractivity contribution in [3.8, 4) is 0 Å². The van der Waals surface area contributed by atoms with E-state index >= 15 is 0 Å². The minimum atomic E-state index is -0.916. The summed E-state index contributed by atoms with van der Waals surface area (Å²) in [4.78, 5) is 2.31. The molecule has 1 aromatic rings. The van der Waals surface area contributed by atoms with Gasteiger partial charge in [-0.3, -0.25) is 0 Å². The van der Waals surface area contributed by atoms with Gasteiger partial charge in [-0.05, 0) is 87.5 Å². The first-order valence-corrected chi connectivity index (χ1v) is 8.38. The van der Waals surface area contributed by atoms with E-state index in [2.05, 4.69) is 25.8 Å². The highest BCUT2D eigenvalue weighted by molar-refractivity contribution is 5.50. The SMILES string of the molecule is Cc1cc(F)c2c(c1C)C(O)(C1CCN(C)CC1)C(C)(C)C2. The van der Waals surface area contributed by atoms with Crippen LogP contribution >= 0.6 is 0 Å². The second-order valence-corrected chi connectivity index (χ2v) is 8.06. The molecule has 3 heteroatoms. The van der Waals surface area contributed by atoms with Crippen molar-refractivity contribution in [2.75, 3.05) is 20.1 Å². The second-order valence-electron chi connectivity index (χ2n) is 8.06. The molecular formula is C19H28FNO. The minimum absolute atomic E-state index is 0.143. The van der Waals surface area contributed by atoms with Gasteiger partial charge in [0.05, 0.1) is 5.60 Å². The van der Waals surface area contributed by atoms with Gasteiger partial charge in [0.1, 0.15) is 5.82 Å². The standard InChI is InChI=1S/C19H28FNO/c1-12-10-16(20)15-11-18(3,4)19(22,17(15)13(12)2)14-6-8-21(5)9-7-14/h10,14,22H,6-9,11H2,1-5H3. The van der Waals surface area contributed by atoms with Crippen LogP contribution in [0.4, 0.5) is 4.39 Å². The molecule has 0 amide bonds. The predicted molar refractivity (Wildman–Crippen MR) is 87.5 cm³/mol. The second kappa shape index (κ2) is 5.04. The van der Waals surface area contributed by atoms with E-state index in [-0.39, 0.29) is 17.2 Å².